The smallest absolute Gasteiger partial charge is 0.262 e. The SMILES string of the molecule is CONS(=O)(=O)c1ccc(C(=O)N(C)[C@@H](C)Cc2ccccc2C)cc1. The number of rotatable bonds is 7. The second-order valence-corrected chi connectivity index (χ2v) is 7.86. The number of nitrogens with zero attached hydrogens (tertiary/aromatic N) is 1. The van der Waals surface area contributed by atoms with E-state index in [1.54, 1.807) is 11.9 Å². The lowest BCUT2D eigenvalue weighted by Gasteiger charge is -2.26. The lowest BCUT2D eigenvalue weighted by Crippen LogP contribution is -2.36. The molecule has 140 valence electrons. The molecule has 0 saturated carbocycles. The first-order chi connectivity index (χ1) is 12.3. The Balaban J connectivity index is 2.11. The van der Waals surface area contributed by atoms with Crippen LogP contribution in [0, 0.1) is 6.92 Å². The van der Waals surface area contributed by atoms with Crippen LogP contribution in [0.1, 0.15) is 28.4 Å². The fourth-order valence-corrected chi connectivity index (χ4v) is 3.44. The number of amides is 1. The Hall–Kier alpha value is -2.22. The van der Waals surface area contributed by atoms with E-state index >= 15 is 0 Å². The van der Waals surface area contributed by atoms with Crippen LogP contribution in [0.3, 0.4) is 0 Å². The van der Waals surface area contributed by atoms with Crippen LogP contribution in [0.2, 0.25) is 0 Å². The molecule has 7 heteroatoms. The molecular formula is C19H24N2O4S. The summed E-state index contributed by atoms with van der Waals surface area (Å²) in [4.78, 5) is 20.8. The highest BCUT2D eigenvalue weighted by Gasteiger charge is 2.20. The number of nitrogens with one attached hydrogen (secondary N) is 1. The Morgan fingerprint density at radius 3 is 2.35 bits per heavy atom. The zero-order chi connectivity index (χ0) is 19.3. The van der Waals surface area contributed by atoms with Gasteiger partial charge in [0.15, 0.2) is 0 Å². The summed E-state index contributed by atoms with van der Waals surface area (Å²) < 4.78 is 23.7. The van der Waals surface area contributed by atoms with Crippen molar-refractivity contribution in [3.63, 3.8) is 0 Å². The first kappa shape index (κ1) is 20.1. The normalized spacial score (nSPS) is 12.6. The zero-order valence-electron chi connectivity index (χ0n) is 15.4. The summed E-state index contributed by atoms with van der Waals surface area (Å²) in [5, 5.41) is 0. The summed E-state index contributed by atoms with van der Waals surface area (Å²) in [5.74, 6) is -0.158. The molecule has 1 amide bonds. The maximum atomic E-state index is 12.7. The quantitative estimate of drug-likeness (QED) is 0.754. The average molecular weight is 376 g/mol. The Labute approximate surface area is 154 Å². The topological polar surface area (TPSA) is 75.7 Å². The fourth-order valence-electron chi connectivity index (χ4n) is 2.63. The van der Waals surface area contributed by atoms with Gasteiger partial charge in [0.2, 0.25) is 0 Å². The van der Waals surface area contributed by atoms with Gasteiger partial charge in [-0.1, -0.05) is 29.2 Å². The van der Waals surface area contributed by atoms with E-state index in [0.29, 0.717) is 5.56 Å². The van der Waals surface area contributed by atoms with E-state index < -0.39 is 10.0 Å². The second kappa shape index (κ2) is 8.44. The van der Waals surface area contributed by atoms with Gasteiger partial charge in [-0.3, -0.25) is 9.63 Å². The predicted molar refractivity (Wildman–Crippen MR) is 100 cm³/mol. The highest BCUT2D eigenvalue weighted by atomic mass is 32.2. The fraction of sp³-hybridized carbons (Fsp3) is 0.316. The lowest BCUT2D eigenvalue weighted by molar-refractivity contribution is 0.0743. The summed E-state index contributed by atoms with van der Waals surface area (Å²) >= 11 is 0. The van der Waals surface area contributed by atoms with Crippen LogP contribution >= 0.6 is 0 Å². The molecule has 0 aliphatic heterocycles. The van der Waals surface area contributed by atoms with Crippen molar-refractivity contribution in [1.82, 2.24) is 9.79 Å². The largest absolute Gasteiger partial charge is 0.339 e. The van der Waals surface area contributed by atoms with Gasteiger partial charge in [0, 0.05) is 18.7 Å². The molecule has 0 heterocycles. The summed E-state index contributed by atoms with van der Waals surface area (Å²) in [5.41, 5.74) is 2.83. The Bertz CT molecular complexity index is 863. The number of sulfonamides is 1. The minimum absolute atomic E-state index is 0.00201. The van der Waals surface area contributed by atoms with Crippen molar-refractivity contribution in [3.8, 4) is 0 Å². The molecule has 0 aromatic heterocycles. The molecule has 1 atom stereocenters. The van der Waals surface area contributed by atoms with Crippen molar-refractivity contribution in [2.75, 3.05) is 14.2 Å². The van der Waals surface area contributed by atoms with Crippen LogP contribution in [0.5, 0.6) is 0 Å². The molecule has 0 bridgehead atoms. The Morgan fingerprint density at radius 2 is 1.77 bits per heavy atom. The van der Waals surface area contributed by atoms with Crippen LogP contribution in [0.25, 0.3) is 0 Å². The molecule has 0 spiro atoms. The summed E-state index contributed by atoms with van der Waals surface area (Å²) in [6, 6.07) is 13.9. The number of carbonyl (C=O) groups excluding carboxylic acids is 1. The molecule has 0 radical (unpaired) electrons. The molecule has 1 N–H and O–H groups in total. The molecule has 26 heavy (non-hydrogen) atoms. The number of hydrogen-bond donors (Lipinski definition) is 1. The number of aryl methyl sites for hydroxylation is 1. The zero-order valence-corrected chi connectivity index (χ0v) is 16.2. The number of benzene rings is 2. The summed E-state index contributed by atoms with van der Waals surface area (Å²) in [6.45, 7) is 4.04. The molecule has 0 saturated heterocycles. The highest BCUT2D eigenvalue weighted by molar-refractivity contribution is 7.89. The standard InChI is InChI=1S/C19H24N2O4S/c1-14-7-5-6-8-17(14)13-15(2)21(3)19(22)16-9-11-18(12-10-16)26(23,24)20-25-4/h5-12,15,20H,13H2,1-4H3/t15-/m0/s1. The first-order valence-corrected chi connectivity index (χ1v) is 9.71. The minimum Gasteiger partial charge on any atom is -0.339 e. The molecular weight excluding hydrogens is 352 g/mol. The first-order valence-electron chi connectivity index (χ1n) is 8.22. The molecule has 6 nitrogen and oxygen atoms in total. The van der Waals surface area contributed by atoms with Crippen molar-refractivity contribution < 1.29 is 18.0 Å². The van der Waals surface area contributed by atoms with E-state index in [0.717, 1.165) is 6.42 Å². The second-order valence-electron chi connectivity index (χ2n) is 6.21. The monoisotopic (exact) mass is 376 g/mol. The van der Waals surface area contributed by atoms with E-state index in [2.05, 4.69) is 23.9 Å². The van der Waals surface area contributed by atoms with E-state index in [-0.39, 0.29) is 16.8 Å². The third kappa shape index (κ3) is 4.69. The summed E-state index contributed by atoms with van der Waals surface area (Å²) in [6.07, 6.45) is 0.749. The van der Waals surface area contributed by atoms with E-state index in [1.165, 1.54) is 42.5 Å². The van der Waals surface area contributed by atoms with Gasteiger partial charge in [-0.2, -0.15) is 0 Å². The molecule has 2 aromatic rings. The van der Waals surface area contributed by atoms with Gasteiger partial charge in [0.05, 0.1) is 12.0 Å². The van der Waals surface area contributed by atoms with Crippen LogP contribution in [0.15, 0.2) is 53.4 Å². The Kier molecular flexibility index (Phi) is 6.52. The highest BCUT2D eigenvalue weighted by Crippen LogP contribution is 2.16. The summed E-state index contributed by atoms with van der Waals surface area (Å²) in [7, 11) is -0.757. The van der Waals surface area contributed by atoms with Gasteiger partial charge >= 0.3 is 0 Å². The van der Waals surface area contributed by atoms with Crippen molar-refractivity contribution in [1.29, 1.82) is 0 Å². The number of carbonyl (C=O) groups is 1. The van der Waals surface area contributed by atoms with Gasteiger partial charge in [-0.05, 0) is 55.7 Å². The number of hydrogen-bond acceptors (Lipinski definition) is 4. The predicted octanol–water partition coefficient (Wildman–Crippen LogP) is 2.54. The van der Waals surface area contributed by atoms with Gasteiger partial charge in [0.1, 0.15) is 0 Å². The van der Waals surface area contributed by atoms with Crippen LogP contribution < -0.4 is 4.89 Å². The average Bonchev–Trinajstić information content (AvgIpc) is 2.62. The van der Waals surface area contributed by atoms with Crippen LogP contribution in [0.4, 0.5) is 0 Å². The number of likely N-dealkylation sites (N-methyl/N-ethyl adjacent to an activating group) is 1. The maximum Gasteiger partial charge on any atom is 0.262 e. The molecule has 2 aromatic carbocycles. The van der Waals surface area contributed by atoms with Gasteiger partial charge in [-0.25, -0.2) is 8.42 Å². The van der Waals surface area contributed by atoms with Crippen molar-refractivity contribution in [3.05, 3.63) is 65.2 Å². The lowest BCUT2D eigenvalue weighted by atomic mass is 10.0. The van der Waals surface area contributed by atoms with E-state index in [1.807, 2.05) is 23.9 Å². The van der Waals surface area contributed by atoms with E-state index in [4.69, 9.17) is 0 Å². The van der Waals surface area contributed by atoms with Gasteiger partial charge < -0.3 is 4.90 Å². The molecule has 0 unspecified atom stereocenters. The molecule has 0 fully saturated rings. The molecule has 2 rings (SSSR count). The molecule has 0 aliphatic rings. The van der Waals surface area contributed by atoms with Gasteiger partial charge in [0.25, 0.3) is 15.9 Å². The maximum absolute atomic E-state index is 12.7. The van der Waals surface area contributed by atoms with Gasteiger partial charge in [-0.15, -0.1) is 0 Å². The Morgan fingerprint density at radius 1 is 1.15 bits per heavy atom. The third-order valence-electron chi connectivity index (χ3n) is 4.36. The van der Waals surface area contributed by atoms with Crippen molar-refractivity contribution in [2.24, 2.45) is 0 Å². The van der Waals surface area contributed by atoms with Crippen LogP contribution in [-0.2, 0) is 21.3 Å². The van der Waals surface area contributed by atoms with Crippen LogP contribution in [-0.4, -0.2) is 39.4 Å². The van der Waals surface area contributed by atoms with Crippen molar-refractivity contribution in [2.45, 2.75) is 31.2 Å². The third-order valence-corrected chi connectivity index (χ3v) is 5.64. The van der Waals surface area contributed by atoms with Crippen molar-refractivity contribution >= 4 is 15.9 Å². The molecule has 0 aliphatic carbocycles. The minimum atomic E-state index is -3.73. The van der Waals surface area contributed by atoms with E-state index in [9.17, 15) is 13.2 Å².